The van der Waals surface area contributed by atoms with E-state index in [0.717, 1.165) is 15.8 Å². The number of nitrogens with zero attached hydrogens (tertiary/aromatic N) is 1. The van der Waals surface area contributed by atoms with Crippen LogP contribution in [-0.2, 0) is 0 Å². The van der Waals surface area contributed by atoms with Crippen LogP contribution in [0.25, 0.3) is 30.9 Å². The molecule has 0 fully saturated rings. The molecule has 1 aromatic heterocycles. The summed E-state index contributed by atoms with van der Waals surface area (Å²) < 4.78 is 3.74. The van der Waals surface area contributed by atoms with Crippen LogP contribution in [-0.4, -0.2) is 0 Å². The lowest BCUT2D eigenvalue weighted by atomic mass is 10.0. The van der Waals surface area contributed by atoms with Crippen LogP contribution in [0.4, 0.5) is 17.1 Å². The molecule has 0 saturated carbocycles. The Labute approximate surface area is 193 Å². The van der Waals surface area contributed by atoms with Crippen molar-refractivity contribution in [3.8, 4) is 0 Å². The number of hydrogen-bond acceptors (Lipinski definition) is 2. The minimum Gasteiger partial charge on any atom is -0.310 e. The summed E-state index contributed by atoms with van der Waals surface area (Å²) in [6, 6.07) is 38.9. The van der Waals surface area contributed by atoms with Gasteiger partial charge >= 0.3 is 0 Å². The van der Waals surface area contributed by atoms with Gasteiger partial charge in [0, 0.05) is 36.0 Å². The Bertz CT molecular complexity index is 1500. The van der Waals surface area contributed by atoms with E-state index in [1.165, 1.54) is 36.6 Å². The van der Waals surface area contributed by atoms with E-state index in [0.29, 0.717) is 0 Å². The first kappa shape index (κ1) is 18.6. The van der Waals surface area contributed by atoms with E-state index in [1.54, 1.807) is 0 Å². The number of rotatable bonds is 3. The molecule has 0 aliphatic rings. The Balaban J connectivity index is 1.79. The van der Waals surface area contributed by atoms with Gasteiger partial charge in [-0.3, -0.25) is 0 Å². The minimum atomic E-state index is 1.10. The maximum Gasteiger partial charge on any atom is 0.0561 e. The van der Waals surface area contributed by atoms with Crippen LogP contribution < -0.4 is 4.90 Å². The predicted octanol–water partition coefficient (Wildman–Crippen LogP) is 9.44. The highest BCUT2D eigenvalue weighted by molar-refractivity contribution is 9.10. The fourth-order valence-electron chi connectivity index (χ4n) is 4.32. The quantitative estimate of drug-likeness (QED) is 0.244. The zero-order valence-corrected chi connectivity index (χ0v) is 19.0. The van der Waals surface area contributed by atoms with Crippen molar-refractivity contribution in [1.82, 2.24) is 0 Å². The van der Waals surface area contributed by atoms with Crippen molar-refractivity contribution in [2.45, 2.75) is 0 Å². The molecule has 6 aromatic rings. The monoisotopic (exact) mass is 479 g/mol. The number of anilines is 3. The fourth-order valence-corrected chi connectivity index (χ4v) is 5.92. The van der Waals surface area contributed by atoms with Gasteiger partial charge in [0.2, 0.25) is 0 Å². The summed E-state index contributed by atoms with van der Waals surface area (Å²) in [7, 11) is 0. The summed E-state index contributed by atoms with van der Waals surface area (Å²) >= 11 is 5.57. The molecule has 1 nitrogen and oxygen atoms in total. The summed E-state index contributed by atoms with van der Waals surface area (Å²) in [5.41, 5.74) is 3.51. The molecule has 1 heterocycles. The summed E-state index contributed by atoms with van der Waals surface area (Å²) in [6.07, 6.45) is 0. The van der Waals surface area contributed by atoms with Crippen LogP contribution in [0.5, 0.6) is 0 Å². The first-order valence-electron chi connectivity index (χ1n) is 10.2. The summed E-state index contributed by atoms with van der Waals surface area (Å²) in [4.78, 5) is 2.38. The molecule has 0 bridgehead atoms. The minimum absolute atomic E-state index is 1.10. The molecular weight excluding hydrogens is 462 g/mol. The highest BCUT2D eigenvalue weighted by Crippen LogP contribution is 2.48. The van der Waals surface area contributed by atoms with E-state index >= 15 is 0 Å². The highest BCUT2D eigenvalue weighted by Gasteiger charge is 2.20. The van der Waals surface area contributed by atoms with Crippen LogP contribution in [0.15, 0.2) is 114 Å². The molecule has 0 unspecified atom stereocenters. The average Bonchev–Trinajstić information content (AvgIpc) is 3.20. The second-order valence-electron chi connectivity index (χ2n) is 7.57. The van der Waals surface area contributed by atoms with Crippen LogP contribution in [0, 0.1) is 0 Å². The van der Waals surface area contributed by atoms with Crippen LogP contribution in [0.2, 0.25) is 0 Å². The van der Waals surface area contributed by atoms with E-state index in [-0.39, 0.29) is 0 Å². The van der Waals surface area contributed by atoms with Crippen molar-refractivity contribution in [1.29, 1.82) is 0 Å². The molecule has 0 aliphatic heterocycles. The zero-order chi connectivity index (χ0) is 20.8. The molecule has 0 radical (unpaired) electrons. The second kappa shape index (κ2) is 7.52. The van der Waals surface area contributed by atoms with E-state index < -0.39 is 0 Å². The molecule has 5 aromatic carbocycles. The van der Waals surface area contributed by atoms with Gasteiger partial charge in [-0.2, -0.15) is 0 Å². The number of para-hydroxylation sites is 2. The van der Waals surface area contributed by atoms with Gasteiger partial charge in [-0.05, 0) is 59.3 Å². The topological polar surface area (TPSA) is 3.24 Å². The van der Waals surface area contributed by atoms with Gasteiger partial charge < -0.3 is 4.90 Å². The Morgan fingerprint density at radius 3 is 1.97 bits per heavy atom. The smallest absolute Gasteiger partial charge is 0.0561 e. The van der Waals surface area contributed by atoms with E-state index in [4.69, 9.17) is 0 Å². The van der Waals surface area contributed by atoms with Crippen molar-refractivity contribution in [3.63, 3.8) is 0 Å². The van der Waals surface area contributed by atoms with E-state index in [2.05, 4.69) is 130 Å². The maximum atomic E-state index is 3.70. The van der Waals surface area contributed by atoms with E-state index in [9.17, 15) is 0 Å². The van der Waals surface area contributed by atoms with E-state index in [1.807, 2.05) is 11.3 Å². The normalized spacial score (nSPS) is 11.4. The molecule has 0 N–H and O–H groups in total. The van der Waals surface area contributed by atoms with Crippen molar-refractivity contribution in [3.05, 3.63) is 114 Å². The van der Waals surface area contributed by atoms with Gasteiger partial charge in [0.1, 0.15) is 0 Å². The molecule has 0 aliphatic carbocycles. The standard InChI is InChI=1S/C28H18BrNS/c29-20-15-16-26-24(18-20)27-25(17-19-9-7-8-14-23(19)28(27)31-26)30(21-10-3-1-4-11-21)22-12-5-2-6-13-22/h1-18H. The first-order valence-corrected chi connectivity index (χ1v) is 11.8. The summed E-state index contributed by atoms with van der Waals surface area (Å²) in [5.74, 6) is 0. The molecular formula is C28H18BrNS. The van der Waals surface area contributed by atoms with Crippen molar-refractivity contribution < 1.29 is 0 Å². The van der Waals surface area contributed by atoms with Crippen LogP contribution in [0.1, 0.15) is 0 Å². The fraction of sp³-hybridized carbons (Fsp3) is 0. The molecule has 0 atom stereocenters. The molecule has 148 valence electrons. The van der Waals surface area contributed by atoms with Crippen LogP contribution in [0.3, 0.4) is 0 Å². The third-order valence-electron chi connectivity index (χ3n) is 5.67. The number of halogens is 1. The molecule has 6 rings (SSSR count). The van der Waals surface area contributed by atoms with Gasteiger partial charge in [-0.25, -0.2) is 0 Å². The number of hydrogen-bond donors (Lipinski definition) is 0. The molecule has 31 heavy (non-hydrogen) atoms. The van der Waals surface area contributed by atoms with Crippen molar-refractivity contribution in [2.24, 2.45) is 0 Å². The lowest BCUT2D eigenvalue weighted by Crippen LogP contribution is -2.10. The van der Waals surface area contributed by atoms with Gasteiger partial charge in [0.15, 0.2) is 0 Å². The van der Waals surface area contributed by atoms with Gasteiger partial charge in [-0.15, -0.1) is 11.3 Å². The zero-order valence-electron chi connectivity index (χ0n) is 16.6. The molecule has 0 amide bonds. The first-order chi connectivity index (χ1) is 15.3. The van der Waals surface area contributed by atoms with Crippen molar-refractivity contribution >= 4 is 75.3 Å². The third kappa shape index (κ3) is 3.13. The highest BCUT2D eigenvalue weighted by atomic mass is 79.9. The Kier molecular flexibility index (Phi) is 4.52. The lowest BCUT2D eigenvalue weighted by Gasteiger charge is -2.27. The Morgan fingerprint density at radius 2 is 1.26 bits per heavy atom. The maximum absolute atomic E-state index is 3.70. The number of thiophene rings is 1. The average molecular weight is 480 g/mol. The molecule has 0 spiro atoms. The van der Waals surface area contributed by atoms with Gasteiger partial charge in [-0.1, -0.05) is 76.6 Å². The molecule has 0 saturated heterocycles. The van der Waals surface area contributed by atoms with Gasteiger partial charge in [0.05, 0.1) is 5.69 Å². The summed E-state index contributed by atoms with van der Waals surface area (Å²) in [5, 5.41) is 5.15. The van der Waals surface area contributed by atoms with Gasteiger partial charge in [0.25, 0.3) is 0 Å². The van der Waals surface area contributed by atoms with Crippen LogP contribution >= 0.6 is 27.3 Å². The number of benzene rings is 5. The Hall–Kier alpha value is -3.14. The molecule has 3 heteroatoms. The lowest BCUT2D eigenvalue weighted by molar-refractivity contribution is 1.30. The number of fused-ring (bicyclic) bond motifs is 5. The summed E-state index contributed by atoms with van der Waals surface area (Å²) in [6.45, 7) is 0. The van der Waals surface area contributed by atoms with Crippen molar-refractivity contribution in [2.75, 3.05) is 4.90 Å². The largest absolute Gasteiger partial charge is 0.310 e. The third-order valence-corrected chi connectivity index (χ3v) is 7.37. The Morgan fingerprint density at radius 1 is 0.613 bits per heavy atom. The second-order valence-corrected chi connectivity index (χ2v) is 9.54. The SMILES string of the molecule is Brc1ccc2sc3c4ccccc4cc(N(c4ccccc4)c4ccccc4)c3c2c1. The predicted molar refractivity (Wildman–Crippen MR) is 139 cm³/mol.